The molecule has 0 amide bonds. The van der Waals surface area contributed by atoms with Crippen LogP contribution in [0.3, 0.4) is 0 Å². The molecule has 0 aliphatic carbocycles. The first-order valence-electron chi connectivity index (χ1n) is 11.5. The Morgan fingerprint density at radius 2 is 1.78 bits per heavy atom. The number of rotatable bonds is 10. The molecule has 4 rings (SSSR count). The summed E-state index contributed by atoms with van der Waals surface area (Å²) in [6.45, 7) is 4.33. The Hall–Kier alpha value is -2.56. The largest absolute Gasteiger partial charge is 0.495 e. The Bertz CT molecular complexity index is 1570. The molecule has 1 aromatic heterocycles. The summed E-state index contributed by atoms with van der Waals surface area (Å²) in [4.78, 5) is 17.9. The van der Waals surface area contributed by atoms with E-state index in [1.807, 2.05) is 28.8 Å². The molecule has 0 atom stereocenters. The molecular weight excluding hydrogens is 553 g/mol. The minimum atomic E-state index is -3.67. The van der Waals surface area contributed by atoms with Crippen LogP contribution in [0.4, 0.5) is 0 Å². The van der Waals surface area contributed by atoms with Crippen LogP contribution in [0.25, 0.3) is 16.7 Å². The normalized spacial score (nSPS) is 11.8. The van der Waals surface area contributed by atoms with Gasteiger partial charge < -0.3 is 4.74 Å². The third-order valence-corrected chi connectivity index (χ3v) is 9.36. The Labute approximate surface area is 230 Å². The van der Waals surface area contributed by atoms with Crippen LogP contribution in [-0.4, -0.2) is 54.0 Å². The van der Waals surface area contributed by atoms with Crippen LogP contribution in [0.15, 0.2) is 70.7 Å². The van der Waals surface area contributed by atoms with Crippen LogP contribution in [0.5, 0.6) is 5.75 Å². The van der Waals surface area contributed by atoms with Gasteiger partial charge in [-0.05, 0) is 48.5 Å². The van der Waals surface area contributed by atoms with Crippen molar-refractivity contribution in [1.29, 1.82) is 0 Å². The highest BCUT2D eigenvalue weighted by Crippen LogP contribution is 2.34. The number of nitrogens with zero attached hydrogens (tertiary/aromatic N) is 3. The molecule has 0 N–H and O–H groups in total. The van der Waals surface area contributed by atoms with Crippen molar-refractivity contribution in [2.75, 3.05) is 26.0 Å². The van der Waals surface area contributed by atoms with Crippen molar-refractivity contribution in [2.24, 2.45) is 0 Å². The number of hydrogen-bond acceptors (Lipinski definition) is 6. The quantitative estimate of drug-likeness (QED) is 0.161. The summed E-state index contributed by atoms with van der Waals surface area (Å²) in [5.41, 5.74) is 2.25. The van der Waals surface area contributed by atoms with Crippen LogP contribution >= 0.6 is 35.0 Å². The zero-order valence-corrected chi connectivity index (χ0v) is 23.6. The average Bonchev–Trinajstić information content (AvgIpc) is 3.25. The highest BCUT2D eigenvalue weighted by molar-refractivity contribution is 7.99. The molecule has 0 spiro atoms. The summed E-state index contributed by atoms with van der Waals surface area (Å²) < 4.78 is 35.1. The molecule has 0 bridgehead atoms. The second kappa shape index (κ2) is 11.4. The molecule has 0 aliphatic rings. The summed E-state index contributed by atoms with van der Waals surface area (Å²) in [5, 5.41) is 1.24. The summed E-state index contributed by atoms with van der Waals surface area (Å²) in [7, 11) is -2.10. The fourth-order valence-electron chi connectivity index (χ4n) is 3.98. The van der Waals surface area contributed by atoms with Gasteiger partial charge in [0.05, 0.1) is 39.5 Å². The maximum atomic E-state index is 13.1. The Morgan fingerprint density at radius 3 is 2.46 bits per heavy atom. The van der Waals surface area contributed by atoms with Crippen molar-refractivity contribution in [1.82, 2.24) is 13.9 Å². The fraction of sp³-hybridized carbons (Fsp3) is 0.231. The summed E-state index contributed by atoms with van der Waals surface area (Å²) >= 11 is 13.4. The number of Topliss-reactive ketones (excluding diaryl/α,β-unsaturated/α-hetero) is 1. The summed E-state index contributed by atoms with van der Waals surface area (Å²) in [6, 6.07) is 17.1. The van der Waals surface area contributed by atoms with E-state index in [1.54, 1.807) is 51.3 Å². The van der Waals surface area contributed by atoms with Gasteiger partial charge in [-0.15, -0.1) is 0 Å². The van der Waals surface area contributed by atoms with E-state index in [9.17, 15) is 13.2 Å². The molecule has 1 heterocycles. The first kappa shape index (κ1) is 27.5. The summed E-state index contributed by atoms with van der Waals surface area (Å²) in [6.07, 6.45) is 0. The number of carbonyl (C=O) groups is 1. The number of imidazole rings is 1. The van der Waals surface area contributed by atoms with Gasteiger partial charge in [0.2, 0.25) is 10.0 Å². The molecule has 0 unspecified atom stereocenters. The Balaban J connectivity index is 1.80. The van der Waals surface area contributed by atoms with Gasteiger partial charge in [-0.3, -0.25) is 9.36 Å². The minimum Gasteiger partial charge on any atom is -0.495 e. The first-order chi connectivity index (χ1) is 17.7. The SMILES string of the molecule is CCN(CC)S(=O)(=O)c1ccc2c(c1)nc(SCC(=O)c1ccc(Cl)cc1Cl)n2-c1ccccc1OC. The molecule has 11 heteroatoms. The minimum absolute atomic E-state index is 0.0599. The number of benzene rings is 3. The topological polar surface area (TPSA) is 81.5 Å². The molecule has 194 valence electrons. The Kier molecular flexibility index (Phi) is 8.50. The van der Waals surface area contributed by atoms with E-state index in [2.05, 4.69) is 0 Å². The number of ketones is 1. The van der Waals surface area contributed by atoms with Crippen molar-refractivity contribution in [3.05, 3.63) is 76.3 Å². The number of para-hydroxylation sites is 2. The number of halogens is 2. The van der Waals surface area contributed by atoms with Crippen molar-refractivity contribution in [2.45, 2.75) is 23.9 Å². The number of aromatic nitrogens is 2. The molecule has 37 heavy (non-hydrogen) atoms. The van der Waals surface area contributed by atoms with Gasteiger partial charge in [0.1, 0.15) is 5.75 Å². The molecule has 7 nitrogen and oxygen atoms in total. The first-order valence-corrected chi connectivity index (χ1v) is 14.7. The monoisotopic (exact) mass is 577 g/mol. The maximum Gasteiger partial charge on any atom is 0.243 e. The lowest BCUT2D eigenvalue weighted by atomic mass is 10.1. The number of ether oxygens (including phenoxy) is 1. The molecule has 3 aromatic carbocycles. The predicted octanol–water partition coefficient (Wildman–Crippen LogP) is 6.35. The number of sulfonamides is 1. The zero-order valence-electron chi connectivity index (χ0n) is 20.4. The number of fused-ring (bicyclic) bond motifs is 1. The van der Waals surface area contributed by atoms with Gasteiger partial charge in [0.25, 0.3) is 0 Å². The highest BCUT2D eigenvalue weighted by Gasteiger charge is 2.24. The van der Waals surface area contributed by atoms with Gasteiger partial charge in [0.15, 0.2) is 10.9 Å². The van der Waals surface area contributed by atoms with E-state index in [1.165, 1.54) is 22.1 Å². The van der Waals surface area contributed by atoms with E-state index in [4.69, 9.17) is 32.9 Å². The second-order valence-corrected chi connectivity index (χ2v) is 11.7. The number of methoxy groups -OCH3 is 1. The maximum absolute atomic E-state index is 13.1. The van der Waals surface area contributed by atoms with Gasteiger partial charge in [-0.1, -0.05) is 60.9 Å². The van der Waals surface area contributed by atoms with E-state index in [-0.39, 0.29) is 21.5 Å². The molecule has 0 aliphatic heterocycles. The number of thioether (sulfide) groups is 1. The Morgan fingerprint density at radius 1 is 1.05 bits per heavy atom. The lowest BCUT2D eigenvalue weighted by Gasteiger charge is -2.18. The van der Waals surface area contributed by atoms with E-state index in [0.717, 1.165) is 0 Å². The number of hydrogen-bond donors (Lipinski definition) is 0. The van der Waals surface area contributed by atoms with E-state index in [0.29, 0.717) is 51.3 Å². The second-order valence-electron chi connectivity index (χ2n) is 7.98. The fourth-order valence-corrected chi connectivity index (χ4v) is 6.88. The van der Waals surface area contributed by atoms with Crippen molar-refractivity contribution >= 4 is 61.8 Å². The van der Waals surface area contributed by atoms with Gasteiger partial charge in [0, 0.05) is 23.7 Å². The molecule has 0 fully saturated rings. The molecular formula is C26H25Cl2N3O4S2. The van der Waals surface area contributed by atoms with E-state index >= 15 is 0 Å². The highest BCUT2D eigenvalue weighted by atomic mass is 35.5. The van der Waals surface area contributed by atoms with Crippen LogP contribution in [0.1, 0.15) is 24.2 Å². The molecule has 4 aromatic rings. The third kappa shape index (κ3) is 5.51. The third-order valence-electron chi connectivity index (χ3n) is 5.83. The molecule has 0 saturated carbocycles. The van der Waals surface area contributed by atoms with Gasteiger partial charge in [-0.2, -0.15) is 4.31 Å². The molecule has 0 saturated heterocycles. The van der Waals surface area contributed by atoms with E-state index < -0.39 is 10.0 Å². The van der Waals surface area contributed by atoms with Gasteiger partial charge in [-0.25, -0.2) is 13.4 Å². The number of carbonyl (C=O) groups excluding carboxylic acids is 1. The van der Waals surface area contributed by atoms with Crippen LogP contribution < -0.4 is 4.74 Å². The van der Waals surface area contributed by atoms with Crippen LogP contribution in [0, 0.1) is 0 Å². The van der Waals surface area contributed by atoms with Crippen molar-refractivity contribution in [3.63, 3.8) is 0 Å². The zero-order chi connectivity index (χ0) is 26.7. The lowest BCUT2D eigenvalue weighted by Crippen LogP contribution is -2.30. The van der Waals surface area contributed by atoms with Crippen LogP contribution in [-0.2, 0) is 10.0 Å². The predicted molar refractivity (Wildman–Crippen MR) is 149 cm³/mol. The standard InChI is InChI=1S/C26H25Cl2N3O4S2/c1-4-30(5-2)37(33,34)18-11-13-22-21(15-18)29-26(31(22)23-8-6-7-9-25(23)35-3)36-16-24(32)19-12-10-17(27)14-20(19)28/h6-15H,4-5,16H2,1-3H3. The smallest absolute Gasteiger partial charge is 0.243 e. The van der Waals surface area contributed by atoms with Gasteiger partial charge >= 0.3 is 0 Å². The van der Waals surface area contributed by atoms with Crippen molar-refractivity contribution in [3.8, 4) is 11.4 Å². The van der Waals surface area contributed by atoms with Crippen LogP contribution in [0.2, 0.25) is 10.0 Å². The van der Waals surface area contributed by atoms with Crippen molar-refractivity contribution < 1.29 is 17.9 Å². The lowest BCUT2D eigenvalue weighted by molar-refractivity contribution is 0.102. The summed E-state index contributed by atoms with van der Waals surface area (Å²) in [5.74, 6) is 0.482. The molecule has 0 radical (unpaired) electrons. The average molecular weight is 579 g/mol.